The molecule has 3 nitrogen and oxygen atoms in total. The molecule has 0 aliphatic heterocycles. The van der Waals surface area contributed by atoms with Crippen molar-refractivity contribution < 1.29 is 0 Å². The van der Waals surface area contributed by atoms with Crippen LogP contribution in [0.5, 0.6) is 0 Å². The van der Waals surface area contributed by atoms with Crippen molar-refractivity contribution >= 4 is 23.6 Å². The largest absolute Gasteiger partial charge is 0.297 e. The molecule has 3 rings (SSSR count). The Morgan fingerprint density at radius 3 is 2.75 bits per heavy atom. The third-order valence-corrected chi connectivity index (χ3v) is 4.44. The van der Waals surface area contributed by atoms with Gasteiger partial charge in [0.05, 0.1) is 0 Å². The van der Waals surface area contributed by atoms with E-state index < -0.39 is 0 Å². The molecular formula is C15H15N3S2. The van der Waals surface area contributed by atoms with Crippen LogP contribution in [0.15, 0.2) is 47.8 Å². The van der Waals surface area contributed by atoms with Crippen LogP contribution in [0.25, 0.3) is 11.4 Å². The number of H-pyrrole nitrogens is 1. The first kappa shape index (κ1) is 13.3. The average molecular weight is 301 g/mol. The monoisotopic (exact) mass is 301 g/mol. The van der Waals surface area contributed by atoms with E-state index in [9.17, 15) is 0 Å². The maximum Gasteiger partial charge on any atom is 0.195 e. The second kappa shape index (κ2) is 5.73. The molecule has 0 bridgehead atoms. The molecule has 5 heteroatoms. The molecule has 0 fully saturated rings. The highest BCUT2D eigenvalue weighted by Crippen LogP contribution is 2.24. The van der Waals surface area contributed by atoms with Crippen molar-refractivity contribution in [3.05, 3.63) is 57.5 Å². The van der Waals surface area contributed by atoms with E-state index in [0.29, 0.717) is 4.77 Å². The highest BCUT2D eigenvalue weighted by molar-refractivity contribution is 7.71. The highest BCUT2D eigenvalue weighted by atomic mass is 32.1. The smallest absolute Gasteiger partial charge is 0.195 e. The van der Waals surface area contributed by atoms with Crippen LogP contribution in [-0.2, 0) is 6.42 Å². The van der Waals surface area contributed by atoms with Gasteiger partial charge in [-0.05, 0) is 30.6 Å². The molecule has 2 heterocycles. The number of thiophene rings is 1. The Morgan fingerprint density at radius 2 is 2.05 bits per heavy atom. The number of rotatable bonds is 4. The van der Waals surface area contributed by atoms with Crippen molar-refractivity contribution in [2.45, 2.75) is 19.4 Å². The predicted molar refractivity (Wildman–Crippen MR) is 85.6 cm³/mol. The molecule has 0 spiro atoms. The molecular weight excluding hydrogens is 286 g/mol. The Balaban J connectivity index is 1.97. The molecule has 1 aromatic carbocycles. The molecule has 0 amide bonds. The SMILES string of the molecule is CC(Cc1cccs1)n1c(-c2ccccc2)n[nH]c1=S. The molecule has 0 radical (unpaired) electrons. The van der Waals surface area contributed by atoms with E-state index in [4.69, 9.17) is 12.2 Å². The fourth-order valence-corrected chi connectivity index (χ4v) is 3.45. The van der Waals surface area contributed by atoms with Gasteiger partial charge in [0, 0.05) is 22.9 Å². The van der Waals surface area contributed by atoms with Crippen molar-refractivity contribution in [2.75, 3.05) is 0 Å². The molecule has 0 aliphatic rings. The first-order valence-corrected chi connectivity index (χ1v) is 7.79. The Kier molecular flexibility index (Phi) is 3.80. The van der Waals surface area contributed by atoms with E-state index in [-0.39, 0.29) is 6.04 Å². The Hall–Kier alpha value is -1.72. The first-order valence-electron chi connectivity index (χ1n) is 6.50. The second-order valence-electron chi connectivity index (χ2n) is 4.72. The van der Waals surface area contributed by atoms with Crippen LogP contribution in [0.2, 0.25) is 0 Å². The third-order valence-electron chi connectivity index (χ3n) is 3.25. The van der Waals surface area contributed by atoms with Crippen molar-refractivity contribution in [3.8, 4) is 11.4 Å². The summed E-state index contributed by atoms with van der Waals surface area (Å²) < 4.78 is 2.78. The normalized spacial score (nSPS) is 12.4. The van der Waals surface area contributed by atoms with Crippen molar-refractivity contribution in [3.63, 3.8) is 0 Å². The zero-order chi connectivity index (χ0) is 13.9. The molecule has 102 valence electrons. The summed E-state index contributed by atoms with van der Waals surface area (Å²) in [5, 5.41) is 9.41. The van der Waals surface area contributed by atoms with Crippen LogP contribution in [0.3, 0.4) is 0 Å². The topological polar surface area (TPSA) is 33.6 Å². The molecule has 1 atom stereocenters. The van der Waals surface area contributed by atoms with Gasteiger partial charge in [0.25, 0.3) is 0 Å². The van der Waals surface area contributed by atoms with Crippen LogP contribution in [0.4, 0.5) is 0 Å². The summed E-state index contributed by atoms with van der Waals surface area (Å²) in [5.41, 5.74) is 1.08. The molecule has 0 saturated carbocycles. The molecule has 1 unspecified atom stereocenters. The summed E-state index contributed by atoms with van der Waals surface area (Å²) in [6.07, 6.45) is 0.964. The number of hydrogen-bond acceptors (Lipinski definition) is 3. The lowest BCUT2D eigenvalue weighted by molar-refractivity contribution is 0.546. The van der Waals surface area contributed by atoms with E-state index in [1.165, 1.54) is 4.88 Å². The standard InChI is InChI=1S/C15H15N3S2/c1-11(10-13-8-5-9-20-13)18-14(16-17-15(18)19)12-6-3-2-4-7-12/h2-9,11H,10H2,1H3,(H,17,19). The van der Waals surface area contributed by atoms with E-state index in [1.54, 1.807) is 11.3 Å². The fourth-order valence-electron chi connectivity index (χ4n) is 2.32. The number of hydrogen-bond donors (Lipinski definition) is 1. The molecule has 0 aliphatic carbocycles. The number of aromatic nitrogens is 3. The maximum atomic E-state index is 5.39. The summed E-state index contributed by atoms with van der Waals surface area (Å²) in [6, 6.07) is 14.7. The molecule has 1 N–H and O–H groups in total. The van der Waals surface area contributed by atoms with E-state index >= 15 is 0 Å². The first-order chi connectivity index (χ1) is 9.75. The second-order valence-corrected chi connectivity index (χ2v) is 6.14. The number of nitrogens with one attached hydrogen (secondary N) is 1. The van der Waals surface area contributed by atoms with Gasteiger partial charge in [-0.1, -0.05) is 36.4 Å². The summed E-state index contributed by atoms with van der Waals surface area (Å²) in [7, 11) is 0. The number of nitrogens with zero attached hydrogens (tertiary/aromatic N) is 2. The minimum absolute atomic E-state index is 0.273. The molecule has 3 aromatic rings. The quantitative estimate of drug-likeness (QED) is 0.721. The van der Waals surface area contributed by atoms with Crippen molar-refractivity contribution in [2.24, 2.45) is 0 Å². The van der Waals surface area contributed by atoms with Crippen LogP contribution < -0.4 is 0 Å². The van der Waals surface area contributed by atoms with Gasteiger partial charge in [0.1, 0.15) is 0 Å². The zero-order valence-corrected chi connectivity index (χ0v) is 12.7. The maximum absolute atomic E-state index is 5.39. The van der Waals surface area contributed by atoms with Crippen LogP contribution in [0, 0.1) is 4.77 Å². The summed E-state index contributed by atoms with van der Waals surface area (Å²) in [5.74, 6) is 0.902. The van der Waals surface area contributed by atoms with Crippen LogP contribution in [0.1, 0.15) is 17.8 Å². The summed E-state index contributed by atoms with van der Waals surface area (Å²) >= 11 is 7.17. The number of benzene rings is 1. The molecule has 0 saturated heterocycles. The van der Waals surface area contributed by atoms with Gasteiger partial charge >= 0.3 is 0 Å². The summed E-state index contributed by atoms with van der Waals surface area (Å²) in [6.45, 7) is 2.18. The minimum Gasteiger partial charge on any atom is -0.297 e. The lowest BCUT2D eigenvalue weighted by Gasteiger charge is -2.14. The minimum atomic E-state index is 0.273. The van der Waals surface area contributed by atoms with Crippen LogP contribution >= 0.6 is 23.6 Å². The van der Waals surface area contributed by atoms with Gasteiger partial charge in [-0.15, -0.1) is 11.3 Å². The van der Waals surface area contributed by atoms with Gasteiger partial charge < -0.3 is 0 Å². The van der Waals surface area contributed by atoms with Gasteiger partial charge in [0.2, 0.25) is 0 Å². The van der Waals surface area contributed by atoms with E-state index in [2.05, 4.69) is 51.3 Å². The highest BCUT2D eigenvalue weighted by Gasteiger charge is 2.15. The Labute approximate surface area is 126 Å². The van der Waals surface area contributed by atoms with E-state index in [1.807, 2.05) is 18.2 Å². The fraction of sp³-hybridized carbons (Fsp3) is 0.200. The van der Waals surface area contributed by atoms with Gasteiger partial charge in [-0.25, -0.2) is 0 Å². The zero-order valence-electron chi connectivity index (χ0n) is 11.1. The number of aromatic amines is 1. The van der Waals surface area contributed by atoms with Crippen molar-refractivity contribution in [1.82, 2.24) is 14.8 Å². The van der Waals surface area contributed by atoms with Crippen LogP contribution in [-0.4, -0.2) is 14.8 Å². The van der Waals surface area contributed by atoms with Crippen molar-refractivity contribution in [1.29, 1.82) is 0 Å². The van der Waals surface area contributed by atoms with Gasteiger partial charge in [-0.2, -0.15) is 5.10 Å². The molecule has 20 heavy (non-hydrogen) atoms. The third kappa shape index (κ3) is 2.59. The Morgan fingerprint density at radius 1 is 1.25 bits per heavy atom. The summed E-state index contributed by atoms with van der Waals surface area (Å²) in [4.78, 5) is 1.36. The van der Waals surface area contributed by atoms with Gasteiger partial charge in [-0.3, -0.25) is 9.67 Å². The van der Waals surface area contributed by atoms with Gasteiger partial charge in [0.15, 0.2) is 10.6 Å². The lowest BCUT2D eigenvalue weighted by atomic mass is 10.1. The molecule has 2 aromatic heterocycles. The lowest BCUT2D eigenvalue weighted by Crippen LogP contribution is -2.09. The Bertz CT molecular complexity index is 726. The van der Waals surface area contributed by atoms with E-state index in [0.717, 1.165) is 17.8 Å². The predicted octanol–water partition coefficient (Wildman–Crippen LogP) is 4.47. The average Bonchev–Trinajstić information content (AvgIpc) is 3.09.